The summed E-state index contributed by atoms with van der Waals surface area (Å²) in [7, 11) is 1.71. The summed E-state index contributed by atoms with van der Waals surface area (Å²) in [6.45, 7) is 2.77. The standard InChI is InChI=1S/C9H16N6O/c1-3-12-7-4-8(14-9(11)13-7)15(2)5-6(10)16/h4H,3,5H2,1-2H3,(H2,10,16)(H3,11,12,13,14). The number of carbonyl (C=O) groups is 1. The number of nitrogens with zero attached hydrogens (tertiary/aromatic N) is 3. The van der Waals surface area contributed by atoms with E-state index in [4.69, 9.17) is 11.5 Å². The Hall–Kier alpha value is -2.05. The van der Waals surface area contributed by atoms with E-state index in [2.05, 4.69) is 15.3 Å². The number of amides is 1. The minimum Gasteiger partial charge on any atom is -0.370 e. The lowest BCUT2D eigenvalue weighted by Gasteiger charge is -2.17. The molecule has 88 valence electrons. The lowest BCUT2D eigenvalue weighted by Crippen LogP contribution is -2.31. The van der Waals surface area contributed by atoms with Gasteiger partial charge in [-0.2, -0.15) is 9.97 Å². The Kier molecular flexibility index (Phi) is 3.87. The van der Waals surface area contributed by atoms with Gasteiger partial charge in [-0.25, -0.2) is 0 Å². The van der Waals surface area contributed by atoms with Crippen molar-refractivity contribution in [2.75, 3.05) is 36.1 Å². The summed E-state index contributed by atoms with van der Waals surface area (Å²) < 4.78 is 0. The highest BCUT2D eigenvalue weighted by molar-refractivity contribution is 5.79. The molecule has 5 N–H and O–H groups in total. The Bertz CT molecular complexity index is 380. The van der Waals surface area contributed by atoms with Crippen LogP contribution in [0.4, 0.5) is 17.6 Å². The van der Waals surface area contributed by atoms with Crippen molar-refractivity contribution in [2.24, 2.45) is 5.73 Å². The van der Waals surface area contributed by atoms with E-state index in [1.807, 2.05) is 6.92 Å². The fourth-order valence-corrected chi connectivity index (χ4v) is 1.23. The maximum absolute atomic E-state index is 10.8. The average molecular weight is 224 g/mol. The number of hydrogen-bond donors (Lipinski definition) is 3. The van der Waals surface area contributed by atoms with Crippen LogP contribution in [0.2, 0.25) is 0 Å². The fourth-order valence-electron chi connectivity index (χ4n) is 1.23. The molecule has 0 bridgehead atoms. The molecule has 0 atom stereocenters. The van der Waals surface area contributed by atoms with Gasteiger partial charge < -0.3 is 21.7 Å². The van der Waals surface area contributed by atoms with Crippen LogP contribution >= 0.6 is 0 Å². The third-order valence-corrected chi connectivity index (χ3v) is 1.87. The molecule has 7 heteroatoms. The second-order valence-corrected chi connectivity index (χ2v) is 3.32. The van der Waals surface area contributed by atoms with E-state index in [1.54, 1.807) is 18.0 Å². The Morgan fingerprint density at radius 2 is 2.25 bits per heavy atom. The number of nitrogen functional groups attached to an aromatic ring is 1. The van der Waals surface area contributed by atoms with E-state index in [-0.39, 0.29) is 12.5 Å². The zero-order chi connectivity index (χ0) is 12.1. The van der Waals surface area contributed by atoms with Crippen molar-refractivity contribution in [2.45, 2.75) is 6.92 Å². The highest BCUT2D eigenvalue weighted by Gasteiger charge is 2.08. The maximum Gasteiger partial charge on any atom is 0.236 e. The minimum absolute atomic E-state index is 0.0853. The quantitative estimate of drug-likeness (QED) is 0.616. The largest absolute Gasteiger partial charge is 0.370 e. The molecule has 1 rings (SSSR count). The molecular formula is C9H16N6O. The minimum atomic E-state index is -0.426. The third-order valence-electron chi connectivity index (χ3n) is 1.87. The van der Waals surface area contributed by atoms with E-state index in [0.717, 1.165) is 6.54 Å². The molecule has 0 aliphatic carbocycles. The number of anilines is 3. The van der Waals surface area contributed by atoms with Crippen LogP contribution in [-0.2, 0) is 4.79 Å². The Morgan fingerprint density at radius 3 is 2.81 bits per heavy atom. The second-order valence-electron chi connectivity index (χ2n) is 3.32. The number of likely N-dealkylation sites (N-methyl/N-ethyl adjacent to an activating group) is 1. The summed E-state index contributed by atoms with van der Waals surface area (Å²) in [4.78, 5) is 20.4. The first-order chi connectivity index (χ1) is 7.52. The number of nitrogens with one attached hydrogen (secondary N) is 1. The van der Waals surface area contributed by atoms with Crippen molar-refractivity contribution in [1.29, 1.82) is 0 Å². The monoisotopic (exact) mass is 224 g/mol. The molecule has 1 heterocycles. The van der Waals surface area contributed by atoms with Gasteiger partial charge in [-0.05, 0) is 6.92 Å². The predicted octanol–water partition coefficient (Wildman–Crippen LogP) is -0.588. The molecule has 0 unspecified atom stereocenters. The lowest BCUT2D eigenvalue weighted by atomic mass is 10.4. The Balaban J connectivity index is 2.90. The van der Waals surface area contributed by atoms with Crippen LogP contribution in [0.3, 0.4) is 0 Å². The molecule has 0 spiro atoms. The van der Waals surface area contributed by atoms with Gasteiger partial charge in [0.25, 0.3) is 0 Å². The number of carbonyl (C=O) groups excluding carboxylic acids is 1. The SMILES string of the molecule is CCNc1cc(N(C)CC(N)=O)nc(N)n1. The molecule has 0 aliphatic rings. The van der Waals surface area contributed by atoms with E-state index in [1.165, 1.54) is 0 Å². The highest BCUT2D eigenvalue weighted by Crippen LogP contribution is 2.15. The van der Waals surface area contributed by atoms with Crippen molar-refractivity contribution in [3.63, 3.8) is 0 Å². The molecule has 0 saturated carbocycles. The smallest absolute Gasteiger partial charge is 0.236 e. The van der Waals surface area contributed by atoms with Gasteiger partial charge in [0, 0.05) is 19.7 Å². The molecule has 1 amide bonds. The van der Waals surface area contributed by atoms with Crippen molar-refractivity contribution >= 4 is 23.5 Å². The van der Waals surface area contributed by atoms with Crippen molar-refractivity contribution < 1.29 is 4.79 Å². The summed E-state index contributed by atoms with van der Waals surface area (Å²) in [6.07, 6.45) is 0. The van der Waals surface area contributed by atoms with Gasteiger partial charge in [0.15, 0.2) is 0 Å². The van der Waals surface area contributed by atoms with Gasteiger partial charge in [-0.3, -0.25) is 4.79 Å². The van der Waals surface area contributed by atoms with Crippen molar-refractivity contribution in [3.05, 3.63) is 6.07 Å². The van der Waals surface area contributed by atoms with Crippen molar-refractivity contribution in [1.82, 2.24) is 9.97 Å². The van der Waals surface area contributed by atoms with E-state index >= 15 is 0 Å². The zero-order valence-corrected chi connectivity index (χ0v) is 9.40. The van der Waals surface area contributed by atoms with Crippen LogP contribution in [0.5, 0.6) is 0 Å². The predicted molar refractivity (Wildman–Crippen MR) is 63.1 cm³/mol. The molecule has 16 heavy (non-hydrogen) atoms. The summed E-state index contributed by atoms with van der Waals surface area (Å²) in [5, 5.41) is 3.02. The first-order valence-electron chi connectivity index (χ1n) is 4.90. The molecule has 7 nitrogen and oxygen atoms in total. The summed E-state index contributed by atoms with van der Waals surface area (Å²) >= 11 is 0. The Morgan fingerprint density at radius 1 is 1.56 bits per heavy atom. The van der Waals surface area contributed by atoms with Gasteiger partial charge in [-0.1, -0.05) is 0 Å². The fraction of sp³-hybridized carbons (Fsp3) is 0.444. The van der Waals surface area contributed by atoms with Gasteiger partial charge in [0.2, 0.25) is 11.9 Å². The number of aromatic nitrogens is 2. The second kappa shape index (κ2) is 5.15. The average Bonchev–Trinajstić information content (AvgIpc) is 2.16. The topological polar surface area (TPSA) is 110 Å². The van der Waals surface area contributed by atoms with Gasteiger partial charge in [0.05, 0.1) is 6.54 Å². The van der Waals surface area contributed by atoms with Gasteiger partial charge >= 0.3 is 0 Å². The number of hydrogen-bond acceptors (Lipinski definition) is 6. The normalized spacial score (nSPS) is 9.88. The third kappa shape index (κ3) is 3.26. The first-order valence-corrected chi connectivity index (χ1v) is 4.90. The molecule has 1 aromatic rings. The van der Waals surface area contributed by atoms with Crippen LogP contribution in [0.15, 0.2) is 6.07 Å². The van der Waals surface area contributed by atoms with Crippen molar-refractivity contribution in [3.8, 4) is 0 Å². The summed E-state index contributed by atoms with van der Waals surface area (Å²) in [5.74, 6) is 0.915. The zero-order valence-electron chi connectivity index (χ0n) is 9.40. The summed E-state index contributed by atoms with van der Waals surface area (Å²) in [5.41, 5.74) is 10.6. The lowest BCUT2D eigenvalue weighted by molar-refractivity contribution is -0.116. The van der Waals surface area contributed by atoms with Crippen LogP contribution in [0, 0.1) is 0 Å². The molecule has 1 aromatic heterocycles. The van der Waals surface area contributed by atoms with Crippen LogP contribution in [0.1, 0.15) is 6.92 Å². The van der Waals surface area contributed by atoms with Crippen LogP contribution < -0.4 is 21.7 Å². The molecule has 0 fully saturated rings. The molecule has 0 aromatic carbocycles. The Labute approximate surface area is 93.8 Å². The van der Waals surface area contributed by atoms with Gasteiger partial charge in [0.1, 0.15) is 11.6 Å². The van der Waals surface area contributed by atoms with E-state index in [9.17, 15) is 4.79 Å². The molecule has 0 aliphatic heterocycles. The molecular weight excluding hydrogens is 208 g/mol. The molecule has 0 radical (unpaired) electrons. The van der Waals surface area contributed by atoms with Crippen LogP contribution in [0.25, 0.3) is 0 Å². The van der Waals surface area contributed by atoms with Gasteiger partial charge in [-0.15, -0.1) is 0 Å². The summed E-state index contributed by atoms with van der Waals surface area (Å²) in [6, 6.07) is 1.71. The van der Waals surface area contributed by atoms with E-state index < -0.39 is 5.91 Å². The number of nitrogens with two attached hydrogens (primary N) is 2. The number of rotatable bonds is 5. The van der Waals surface area contributed by atoms with E-state index in [0.29, 0.717) is 11.6 Å². The molecule has 0 saturated heterocycles. The highest BCUT2D eigenvalue weighted by atomic mass is 16.1. The maximum atomic E-state index is 10.8. The first kappa shape index (κ1) is 12.0. The number of primary amides is 1. The van der Waals surface area contributed by atoms with Crippen LogP contribution in [-0.4, -0.2) is 36.0 Å².